The average Bonchev–Trinajstić information content (AvgIpc) is 3.53. The van der Waals surface area contributed by atoms with E-state index in [1.165, 1.54) is 55.7 Å². The lowest BCUT2D eigenvalue weighted by Gasteiger charge is -2.41. The number of fused-ring (bicyclic) bond motifs is 3. The summed E-state index contributed by atoms with van der Waals surface area (Å²) in [6.07, 6.45) is 4.20. The Bertz CT molecular complexity index is 2710. The predicted octanol–water partition coefficient (Wildman–Crippen LogP) is 13.7. The van der Waals surface area contributed by atoms with Crippen LogP contribution in [0.1, 0.15) is 115 Å². The summed E-state index contributed by atoms with van der Waals surface area (Å²) in [6.45, 7) is 29.6. The maximum Gasteiger partial charge on any atom is 0.255 e. The van der Waals surface area contributed by atoms with Gasteiger partial charge in [-0.25, -0.2) is 4.98 Å². The van der Waals surface area contributed by atoms with Crippen LogP contribution in [0.15, 0.2) is 122 Å². The van der Waals surface area contributed by atoms with Crippen molar-refractivity contribution in [2.24, 2.45) is 0 Å². The summed E-state index contributed by atoms with van der Waals surface area (Å²) in [4.78, 5) is 7.27. The first-order valence-corrected chi connectivity index (χ1v) is 20.7. The Morgan fingerprint density at radius 1 is 0.621 bits per heavy atom. The molecule has 0 saturated carbocycles. The van der Waals surface area contributed by atoms with Crippen LogP contribution in [0.25, 0.3) is 22.4 Å². The number of ether oxygens (including phenoxy) is 1. The highest BCUT2D eigenvalue weighted by Crippen LogP contribution is 2.52. The van der Waals surface area contributed by atoms with Crippen molar-refractivity contribution in [3.05, 3.63) is 161 Å². The van der Waals surface area contributed by atoms with E-state index in [0.717, 1.165) is 34.4 Å². The molecule has 0 saturated heterocycles. The van der Waals surface area contributed by atoms with Gasteiger partial charge in [0, 0.05) is 29.3 Å². The zero-order valence-corrected chi connectivity index (χ0v) is 36.7. The molecule has 5 heteroatoms. The molecule has 0 aliphatic carbocycles. The standard InChI is InChI=1S/C53H59N4O/c1-34-21-24-44(35(2)27-34)56-33-55(47-29-37(51(6,7)8)28-43(49(47)56)52(9,10)11)38-17-16-18-39(31-38)58-40-22-23-42-46(32-40)57(45-20-15-14-19-41(45)53(42,12)13)48-30-36(25-26-54-48)50(3,4)5/h14-33H,1-13H3/q+1. The minimum absolute atomic E-state index is 0.0169. The normalized spacial score (nSPS) is 14.1. The van der Waals surface area contributed by atoms with E-state index in [4.69, 9.17) is 9.72 Å². The van der Waals surface area contributed by atoms with Gasteiger partial charge in [0.05, 0.1) is 11.4 Å². The molecule has 7 aromatic rings. The van der Waals surface area contributed by atoms with Crippen LogP contribution in [0.4, 0.5) is 17.2 Å². The van der Waals surface area contributed by atoms with Crippen LogP contribution in [0.2, 0.25) is 0 Å². The third-order valence-corrected chi connectivity index (χ3v) is 12.0. The molecule has 296 valence electrons. The molecular weight excluding hydrogens is 709 g/mol. The van der Waals surface area contributed by atoms with Crippen molar-refractivity contribution < 1.29 is 9.30 Å². The fourth-order valence-corrected chi connectivity index (χ4v) is 8.61. The highest BCUT2D eigenvalue weighted by atomic mass is 16.5. The number of anilines is 3. The largest absolute Gasteiger partial charge is 0.457 e. The number of pyridine rings is 1. The van der Waals surface area contributed by atoms with Crippen molar-refractivity contribution in [2.45, 2.75) is 112 Å². The second kappa shape index (κ2) is 13.7. The number of rotatable bonds is 5. The Hall–Kier alpha value is -5.68. The van der Waals surface area contributed by atoms with Crippen LogP contribution >= 0.6 is 0 Å². The fraction of sp³-hybridized carbons (Fsp3) is 0.321. The zero-order valence-electron chi connectivity index (χ0n) is 36.7. The van der Waals surface area contributed by atoms with Gasteiger partial charge in [0.15, 0.2) is 11.0 Å². The minimum Gasteiger partial charge on any atom is -0.457 e. The van der Waals surface area contributed by atoms with Gasteiger partial charge in [0.1, 0.15) is 28.7 Å². The van der Waals surface area contributed by atoms with Crippen molar-refractivity contribution >= 4 is 28.2 Å². The molecule has 5 aromatic carbocycles. The summed E-state index contributed by atoms with van der Waals surface area (Å²) in [6, 6.07) is 39.7. The van der Waals surface area contributed by atoms with Gasteiger partial charge in [0.2, 0.25) is 0 Å². The number of hydrogen-bond donors (Lipinski definition) is 0. The number of nitrogens with zero attached hydrogens (tertiary/aromatic N) is 4. The first-order valence-electron chi connectivity index (χ1n) is 20.7. The van der Waals surface area contributed by atoms with Gasteiger partial charge in [-0.15, -0.1) is 0 Å². The zero-order chi connectivity index (χ0) is 41.5. The molecule has 0 amide bonds. The molecule has 0 N–H and O–H groups in total. The number of imidazole rings is 1. The summed E-state index contributed by atoms with van der Waals surface area (Å²) < 4.78 is 11.6. The van der Waals surface area contributed by atoms with Crippen molar-refractivity contribution in [3.8, 4) is 22.9 Å². The van der Waals surface area contributed by atoms with Crippen molar-refractivity contribution in [1.29, 1.82) is 0 Å². The Kier molecular flexibility index (Phi) is 9.26. The molecule has 3 heterocycles. The van der Waals surface area contributed by atoms with E-state index in [2.05, 4.69) is 220 Å². The molecule has 2 aromatic heterocycles. The topological polar surface area (TPSA) is 34.2 Å². The number of para-hydroxylation sites is 1. The maximum atomic E-state index is 6.85. The highest BCUT2D eigenvalue weighted by molar-refractivity contribution is 5.85. The lowest BCUT2D eigenvalue weighted by molar-refractivity contribution is -0.568. The summed E-state index contributed by atoms with van der Waals surface area (Å²) in [5.74, 6) is 2.45. The second-order valence-electron chi connectivity index (χ2n) is 19.9. The quantitative estimate of drug-likeness (QED) is 0.164. The molecule has 0 fully saturated rings. The van der Waals surface area contributed by atoms with Gasteiger partial charge in [-0.05, 0) is 106 Å². The van der Waals surface area contributed by atoms with E-state index in [1.807, 2.05) is 6.20 Å². The Morgan fingerprint density at radius 3 is 2.03 bits per heavy atom. The molecule has 1 aliphatic heterocycles. The van der Waals surface area contributed by atoms with Crippen molar-refractivity contribution in [3.63, 3.8) is 0 Å². The highest BCUT2D eigenvalue weighted by Gasteiger charge is 2.38. The van der Waals surface area contributed by atoms with E-state index >= 15 is 0 Å². The van der Waals surface area contributed by atoms with Gasteiger partial charge in [-0.1, -0.05) is 130 Å². The van der Waals surface area contributed by atoms with Crippen LogP contribution < -0.4 is 14.2 Å². The van der Waals surface area contributed by atoms with Crippen molar-refractivity contribution in [1.82, 2.24) is 9.55 Å². The summed E-state index contributed by atoms with van der Waals surface area (Å²) >= 11 is 0. The lowest BCUT2D eigenvalue weighted by Crippen LogP contribution is -2.32. The third kappa shape index (κ3) is 6.89. The van der Waals surface area contributed by atoms with E-state index in [-0.39, 0.29) is 21.7 Å². The SMILES string of the molecule is Cc1ccc(-[n+]2cn(-c3cccc(Oc4ccc5c(c4)N(c4cc(C(C)(C)C)ccn4)c4ccccc4C5(C)C)c3)c3cc(C(C)(C)C)cc(C(C)(C)C)c32)c(C)c1. The number of aromatic nitrogens is 3. The minimum atomic E-state index is -0.221. The summed E-state index contributed by atoms with van der Waals surface area (Å²) in [7, 11) is 0. The Labute approximate surface area is 346 Å². The van der Waals surface area contributed by atoms with E-state index in [9.17, 15) is 0 Å². The summed E-state index contributed by atoms with van der Waals surface area (Å²) in [5, 5.41) is 0. The van der Waals surface area contributed by atoms with Gasteiger partial charge < -0.3 is 4.74 Å². The van der Waals surface area contributed by atoms with Gasteiger partial charge in [0.25, 0.3) is 6.33 Å². The van der Waals surface area contributed by atoms with Crippen LogP contribution in [0, 0.1) is 13.8 Å². The molecule has 0 unspecified atom stereocenters. The molecule has 0 radical (unpaired) electrons. The fourth-order valence-electron chi connectivity index (χ4n) is 8.61. The Morgan fingerprint density at radius 2 is 1.33 bits per heavy atom. The Balaban J connectivity index is 1.27. The van der Waals surface area contributed by atoms with Gasteiger partial charge in [-0.3, -0.25) is 4.90 Å². The molecular formula is C53H59N4O+. The van der Waals surface area contributed by atoms with Crippen LogP contribution in [0.5, 0.6) is 11.5 Å². The molecule has 0 spiro atoms. The molecule has 8 rings (SSSR count). The molecule has 58 heavy (non-hydrogen) atoms. The van der Waals surface area contributed by atoms with Crippen LogP contribution in [0.3, 0.4) is 0 Å². The van der Waals surface area contributed by atoms with Crippen LogP contribution in [-0.4, -0.2) is 9.55 Å². The number of benzene rings is 5. The van der Waals surface area contributed by atoms with Gasteiger partial charge >= 0.3 is 0 Å². The first kappa shape index (κ1) is 39.2. The second-order valence-corrected chi connectivity index (χ2v) is 19.9. The predicted molar refractivity (Wildman–Crippen MR) is 242 cm³/mol. The van der Waals surface area contributed by atoms with E-state index < -0.39 is 0 Å². The molecule has 0 atom stereocenters. The number of hydrogen-bond acceptors (Lipinski definition) is 3. The smallest absolute Gasteiger partial charge is 0.255 e. The van der Waals surface area contributed by atoms with E-state index in [0.29, 0.717) is 0 Å². The summed E-state index contributed by atoms with van der Waals surface area (Å²) in [5.41, 5.74) is 15.4. The first-order chi connectivity index (χ1) is 27.2. The molecule has 5 nitrogen and oxygen atoms in total. The lowest BCUT2D eigenvalue weighted by atomic mass is 9.73. The monoisotopic (exact) mass is 767 g/mol. The maximum absolute atomic E-state index is 6.85. The van der Waals surface area contributed by atoms with Crippen molar-refractivity contribution in [2.75, 3.05) is 4.90 Å². The van der Waals surface area contributed by atoms with Gasteiger partial charge in [-0.2, -0.15) is 9.13 Å². The third-order valence-electron chi connectivity index (χ3n) is 12.0. The molecule has 1 aliphatic rings. The average molecular weight is 768 g/mol. The van der Waals surface area contributed by atoms with E-state index in [1.54, 1.807) is 0 Å². The molecule has 0 bridgehead atoms. The number of aryl methyl sites for hydroxylation is 2. The van der Waals surface area contributed by atoms with Crippen LogP contribution in [-0.2, 0) is 21.7 Å².